The van der Waals surface area contributed by atoms with Gasteiger partial charge in [-0.2, -0.15) is 0 Å². The minimum Gasteiger partial charge on any atom is -0.388 e. The number of benzene rings is 1. The second-order valence-electron chi connectivity index (χ2n) is 6.49. The van der Waals surface area contributed by atoms with Crippen LogP contribution in [0.4, 0.5) is 8.78 Å². The van der Waals surface area contributed by atoms with Gasteiger partial charge in [0.2, 0.25) is 0 Å². The fourth-order valence-electron chi connectivity index (χ4n) is 3.45. The van der Waals surface area contributed by atoms with E-state index in [1.165, 1.54) is 25.3 Å². The number of aryl methyl sites for hydroxylation is 1. The van der Waals surface area contributed by atoms with Gasteiger partial charge in [-0.1, -0.05) is 39.0 Å². The fourth-order valence-corrected chi connectivity index (χ4v) is 3.45. The van der Waals surface area contributed by atoms with E-state index in [2.05, 4.69) is 6.92 Å². The van der Waals surface area contributed by atoms with E-state index in [-0.39, 0.29) is 11.5 Å². The van der Waals surface area contributed by atoms with Gasteiger partial charge in [0.05, 0.1) is 6.10 Å². The first-order valence-corrected chi connectivity index (χ1v) is 8.16. The van der Waals surface area contributed by atoms with Crippen molar-refractivity contribution in [2.45, 2.75) is 64.9 Å². The summed E-state index contributed by atoms with van der Waals surface area (Å²) in [4.78, 5) is 0. The van der Waals surface area contributed by atoms with Crippen LogP contribution in [-0.2, 0) is 0 Å². The summed E-state index contributed by atoms with van der Waals surface area (Å²) in [7, 11) is 0. The summed E-state index contributed by atoms with van der Waals surface area (Å²) >= 11 is 0. The average molecular weight is 296 g/mol. The third-order valence-corrected chi connectivity index (χ3v) is 4.90. The van der Waals surface area contributed by atoms with Gasteiger partial charge >= 0.3 is 0 Å². The van der Waals surface area contributed by atoms with E-state index < -0.39 is 17.7 Å². The van der Waals surface area contributed by atoms with Crippen molar-refractivity contribution in [2.75, 3.05) is 0 Å². The van der Waals surface area contributed by atoms with E-state index in [9.17, 15) is 13.9 Å². The van der Waals surface area contributed by atoms with E-state index in [0.29, 0.717) is 5.56 Å². The van der Waals surface area contributed by atoms with Crippen LogP contribution in [0.1, 0.15) is 69.1 Å². The predicted molar refractivity (Wildman–Crippen MR) is 81.0 cm³/mol. The highest BCUT2D eigenvalue weighted by molar-refractivity contribution is 5.27. The molecule has 1 aromatic rings. The molecule has 1 aliphatic carbocycles. The molecule has 118 valence electrons. The number of hydrogen-bond donors (Lipinski definition) is 1. The molecule has 1 N–H and O–H groups in total. The van der Waals surface area contributed by atoms with Crippen LogP contribution in [0.2, 0.25) is 0 Å². The van der Waals surface area contributed by atoms with Crippen LogP contribution >= 0.6 is 0 Å². The molecule has 1 nitrogen and oxygen atoms in total. The molecule has 0 spiro atoms. The molecular weight excluding hydrogens is 270 g/mol. The Kier molecular flexibility index (Phi) is 5.74. The molecule has 0 amide bonds. The zero-order valence-corrected chi connectivity index (χ0v) is 13.0. The van der Waals surface area contributed by atoms with E-state index in [0.717, 1.165) is 37.7 Å². The minimum absolute atomic E-state index is 0.0993. The zero-order valence-electron chi connectivity index (χ0n) is 13.0. The number of rotatable bonds is 5. The minimum atomic E-state index is -0.809. The van der Waals surface area contributed by atoms with Gasteiger partial charge in [0.25, 0.3) is 0 Å². The molecule has 1 atom stereocenters. The van der Waals surface area contributed by atoms with Gasteiger partial charge in [-0.3, -0.25) is 0 Å². The van der Waals surface area contributed by atoms with E-state index in [1.54, 1.807) is 6.92 Å². The Labute approximate surface area is 126 Å². The Bertz CT molecular complexity index is 465. The van der Waals surface area contributed by atoms with Crippen LogP contribution < -0.4 is 0 Å². The third-order valence-electron chi connectivity index (χ3n) is 4.90. The van der Waals surface area contributed by atoms with Crippen LogP contribution in [0.5, 0.6) is 0 Å². The molecule has 1 fully saturated rings. The molecule has 0 aromatic heterocycles. The van der Waals surface area contributed by atoms with Crippen molar-refractivity contribution >= 4 is 0 Å². The van der Waals surface area contributed by atoms with E-state index >= 15 is 0 Å². The number of halogens is 2. The highest BCUT2D eigenvalue weighted by atomic mass is 19.1. The SMILES string of the molecule is CCCCC1CCC(C(O)c2cc(C)c(F)cc2F)CC1. The maximum atomic E-state index is 13.9. The standard InChI is InChI=1S/C18H26F2O/c1-3-4-5-13-6-8-14(9-7-13)18(21)15-10-12(2)16(19)11-17(15)20/h10-11,13-14,18,21H,3-9H2,1-2H3. The molecule has 0 radical (unpaired) electrons. The molecule has 0 heterocycles. The lowest BCUT2D eigenvalue weighted by Gasteiger charge is -2.32. The number of aliphatic hydroxyl groups excluding tert-OH is 1. The van der Waals surface area contributed by atoms with E-state index in [4.69, 9.17) is 0 Å². The molecule has 0 bridgehead atoms. The Morgan fingerprint density at radius 3 is 2.43 bits per heavy atom. The number of aliphatic hydroxyl groups is 1. The Morgan fingerprint density at radius 1 is 1.14 bits per heavy atom. The van der Waals surface area contributed by atoms with Crippen molar-refractivity contribution in [1.82, 2.24) is 0 Å². The monoisotopic (exact) mass is 296 g/mol. The largest absolute Gasteiger partial charge is 0.388 e. The maximum Gasteiger partial charge on any atom is 0.131 e. The summed E-state index contributed by atoms with van der Waals surface area (Å²) in [5.74, 6) is -0.319. The van der Waals surface area contributed by atoms with Gasteiger partial charge in [0.15, 0.2) is 0 Å². The highest BCUT2D eigenvalue weighted by Crippen LogP contribution is 2.39. The average Bonchev–Trinajstić information content (AvgIpc) is 2.48. The number of hydrogen-bond acceptors (Lipinski definition) is 1. The van der Waals surface area contributed by atoms with Gasteiger partial charge in [-0.25, -0.2) is 8.78 Å². The maximum absolute atomic E-state index is 13.9. The third kappa shape index (κ3) is 4.03. The van der Waals surface area contributed by atoms with Crippen molar-refractivity contribution in [1.29, 1.82) is 0 Å². The van der Waals surface area contributed by atoms with Crippen molar-refractivity contribution in [3.63, 3.8) is 0 Å². The van der Waals surface area contributed by atoms with Gasteiger partial charge in [-0.05, 0) is 43.2 Å². The van der Waals surface area contributed by atoms with Crippen molar-refractivity contribution in [2.24, 2.45) is 11.8 Å². The van der Waals surface area contributed by atoms with Crippen LogP contribution in [0, 0.1) is 30.4 Å². The van der Waals surface area contributed by atoms with Crippen LogP contribution in [0.3, 0.4) is 0 Å². The summed E-state index contributed by atoms with van der Waals surface area (Å²) in [5.41, 5.74) is 0.646. The highest BCUT2D eigenvalue weighted by Gasteiger charge is 2.29. The summed E-state index contributed by atoms with van der Waals surface area (Å²) in [6.07, 6.45) is 7.05. The molecule has 0 aliphatic heterocycles. The smallest absolute Gasteiger partial charge is 0.131 e. The van der Waals surface area contributed by atoms with Crippen LogP contribution in [0.25, 0.3) is 0 Å². The lowest BCUT2D eigenvalue weighted by Crippen LogP contribution is -2.21. The zero-order chi connectivity index (χ0) is 15.4. The van der Waals surface area contributed by atoms with E-state index in [1.807, 2.05) is 0 Å². The molecule has 1 aromatic carbocycles. The quantitative estimate of drug-likeness (QED) is 0.781. The van der Waals surface area contributed by atoms with Crippen molar-refractivity contribution < 1.29 is 13.9 Å². The number of unbranched alkanes of at least 4 members (excludes halogenated alkanes) is 1. The van der Waals surface area contributed by atoms with Crippen LogP contribution in [0.15, 0.2) is 12.1 Å². The second-order valence-corrected chi connectivity index (χ2v) is 6.49. The van der Waals surface area contributed by atoms with Crippen LogP contribution in [-0.4, -0.2) is 5.11 Å². The van der Waals surface area contributed by atoms with Gasteiger partial charge in [0.1, 0.15) is 11.6 Å². The topological polar surface area (TPSA) is 20.2 Å². The predicted octanol–water partition coefficient (Wildman–Crippen LogP) is 5.30. The molecule has 0 saturated heterocycles. The lowest BCUT2D eigenvalue weighted by atomic mass is 9.76. The van der Waals surface area contributed by atoms with Gasteiger partial charge in [0, 0.05) is 11.6 Å². The Balaban J connectivity index is 1.99. The molecule has 2 rings (SSSR count). The molecule has 1 aliphatic rings. The first kappa shape index (κ1) is 16.4. The van der Waals surface area contributed by atoms with Crippen molar-refractivity contribution in [3.05, 3.63) is 34.9 Å². The fraction of sp³-hybridized carbons (Fsp3) is 0.667. The summed E-state index contributed by atoms with van der Waals surface area (Å²) in [6, 6.07) is 2.35. The second kappa shape index (κ2) is 7.35. The molecule has 3 heteroatoms. The lowest BCUT2D eigenvalue weighted by molar-refractivity contribution is 0.0690. The molecule has 1 saturated carbocycles. The molecule has 1 unspecified atom stereocenters. The Hall–Kier alpha value is -0.960. The molecule has 21 heavy (non-hydrogen) atoms. The first-order chi connectivity index (χ1) is 10.0. The van der Waals surface area contributed by atoms with Gasteiger partial charge < -0.3 is 5.11 Å². The Morgan fingerprint density at radius 2 is 1.81 bits per heavy atom. The van der Waals surface area contributed by atoms with Crippen molar-refractivity contribution in [3.8, 4) is 0 Å². The molecular formula is C18H26F2O. The van der Waals surface area contributed by atoms with Gasteiger partial charge in [-0.15, -0.1) is 0 Å². The normalized spacial score (nSPS) is 24.0. The summed E-state index contributed by atoms with van der Waals surface area (Å²) in [5, 5.41) is 10.4. The summed E-state index contributed by atoms with van der Waals surface area (Å²) < 4.78 is 27.2. The first-order valence-electron chi connectivity index (χ1n) is 8.16. The summed E-state index contributed by atoms with van der Waals surface area (Å²) in [6.45, 7) is 3.81.